The molecule has 1 saturated heterocycles. The molecule has 2 aliphatic heterocycles. The van der Waals surface area contributed by atoms with Crippen LogP contribution in [0.2, 0.25) is 0 Å². The fourth-order valence-corrected chi connectivity index (χ4v) is 3.15. The number of anilines is 2. The smallest absolute Gasteiger partial charge is 0.248 e. The Balaban J connectivity index is 1.98. The number of nitrogens with one attached hydrogen (secondary N) is 1. The van der Waals surface area contributed by atoms with Crippen LogP contribution in [0.4, 0.5) is 11.4 Å². The number of carbonyl (C=O) groups is 2. The van der Waals surface area contributed by atoms with Crippen molar-refractivity contribution in [2.75, 3.05) is 29.9 Å². The topological polar surface area (TPSA) is 78.7 Å². The summed E-state index contributed by atoms with van der Waals surface area (Å²) in [5.41, 5.74) is 8.56. The van der Waals surface area contributed by atoms with Gasteiger partial charge in [0.25, 0.3) is 0 Å². The molecule has 21 heavy (non-hydrogen) atoms. The molecule has 1 fully saturated rings. The molecule has 3 N–H and O–H groups in total. The first-order valence-corrected chi connectivity index (χ1v) is 7.26. The number of piperazine rings is 1. The molecule has 0 aliphatic carbocycles. The standard InChI is InChI=1S/C15H20N4O2/c1-3-11-14(20)17-6-7-19(11)9-4-5-10-12(8-9)18(2)15(21)13(10)16/h4-5,8,11,13H,3,6-7,16H2,1-2H3,(H,17,20). The van der Waals surface area contributed by atoms with Gasteiger partial charge in [0.1, 0.15) is 12.1 Å². The van der Waals surface area contributed by atoms with Crippen LogP contribution in [0.15, 0.2) is 18.2 Å². The molecular formula is C15H20N4O2. The molecule has 0 saturated carbocycles. The molecule has 1 aromatic carbocycles. The van der Waals surface area contributed by atoms with Gasteiger partial charge in [0.15, 0.2) is 0 Å². The summed E-state index contributed by atoms with van der Waals surface area (Å²) in [4.78, 5) is 27.6. The normalized spacial score (nSPS) is 25.1. The van der Waals surface area contributed by atoms with E-state index in [-0.39, 0.29) is 17.9 Å². The fourth-order valence-electron chi connectivity index (χ4n) is 3.15. The Hall–Kier alpha value is -2.08. The molecule has 2 unspecified atom stereocenters. The lowest BCUT2D eigenvalue weighted by molar-refractivity contribution is -0.123. The lowest BCUT2D eigenvalue weighted by atomic mass is 10.1. The lowest BCUT2D eigenvalue weighted by Gasteiger charge is -2.36. The summed E-state index contributed by atoms with van der Waals surface area (Å²) in [7, 11) is 1.73. The van der Waals surface area contributed by atoms with Crippen molar-refractivity contribution in [2.24, 2.45) is 5.73 Å². The van der Waals surface area contributed by atoms with Crippen LogP contribution in [0.1, 0.15) is 24.9 Å². The Bertz CT molecular complexity index is 601. The van der Waals surface area contributed by atoms with Gasteiger partial charge in [-0.25, -0.2) is 0 Å². The van der Waals surface area contributed by atoms with Crippen LogP contribution in [0, 0.1) is 0 Å². The molecule has 2 heterocycles. The molecule has 3 rings (SSSR count). The van der Waals surface area contributed by atoms with Gasteiger partial charge in [-0.3, -0.25) is 9.59 Å². The summed E-state index contributed by atoms with van der Waals surface area (Å²) in [6, 6.07) is 5.07. The minimum absolute atomic E-state index is 0.0605. The maximum absolute atomic E-state index is 12.0. The van der Waals surface area contributed by atoms with Gasteiger partial charge in [0.05, 0.1) is 5.69 Å². The lowest BCUT2D eigenvalue weighted by Crippen LogP contribution is -2.55. The Morgan fingerprint density at radius 1 is 1.38 bits per heavy atom. The number of fused-ring (bicyclic) bond motifs is 1. The molecular weight excluding hydrogens is 268 g/mol. The fraction of sp³-hybridized carbons (Fsp3) is 0.467. The van der Waals surface area contributed by atoms with Crippen LogP contribution in [-0.2, 0) is 9.59 Å². The van der Waals surface area contributed by atoms with Gasteiger partial charge >= 0.3 is 0 Å². The predicted molar refractivity (Wildman–Crippen MR) is 81.2 cm³/mol. The molecule has 112 valence electrons. The molecule has 6 heteroatoms. The Kier molecular flexibility index (Phi) is 3.33. The van der Waals surface area contributed by atoms with Crippen LogP contribution < -0.4 is 20.9 Å². The summed E-state index contributed by atoms with van der Waals surface area (Å²) < 4.78 is 0. The zero-order valence-electron chi connectivity index (χ0n) is 12.3. The third-order valence-electron chi connectivity index (χ3n) is 4.36. The van der Waals surface area contributed by atoms with Crippen molar-refractivity contribution < 1.29 is 9.59 Å². The molecule has 2 aliphatic rings. The number of hydrogen-bond donors (Lipinski definition) is 2. The van der Waals surface area contributed by atoms with Crippen molar-refractivity contribution in [1.29, 1.82) is 0 Å². The zero-order chi connectivity index (χ0) is 15.1. The molecule has 0 spiro atoms. The molecule has 1 aromatic rings. The largest absolute Gasteiger partial charge is 0.358 e. The second kappa shape index (κ2) is 5.04. The van der Waals surface area contributed by atoms with Crippen molar-refractivity contribution in [3.8, 4) is 0 Å². The number of carbonyl (C=O) groups excluding carboxylic acids is 2. The number of hydrogen-bond acceptors (Lipinski definition) is 4. The van der Waals surface area contributed by atoms with E-state index in [1.165, 1.54) is 0 Å². The van der Waals surface area contributed by atoms with Gasteiger partial charge in [-0.15, -0.1) is 0 Å². The van der Waals surface area contributed by atoms with Gasteiger partial charge in [-0.1, -0.05) is 13.0 Å². The monoisotopic (exact) mass is 288 g/mol. The van der Waals surface area contributed by atoms with Gasteiger partial charge in [-0.2, -0.15) is 0 Å². The summed E-state index contributed by atoms with van der Waals surface area (Å²) in [6.45, 7) is 3.41. The first kappa shape index (κ1) is 13.9. The summed E-state index contributed by atoms with van der Waals surface area (Å²) in [5.74, 6) is -0.0315. The minimum Gasteiger partial charge on any atom is -0.358 e. The van der Waals surface area contributed by atoms with E-state index >= 15 is 0 Å². The number of benzene rings is 1. The van der Waals surface area contributed by atoms with E-state index in [4.69, 9.17) is 5.73 Å². The second-order valence-electron chi connectivity index (χ2n) is 5.53. The predicted octanol–water partition coefficient (Wildman–Crippen LogP) is 0.378. The van der Waals surface area contributed by atoms with E-state index in [1.807, 2.05) is 25.1 Å². The molecule has 2 atom stereocenters. The third kappa shape index (κ3) is 2.06. The van der Waals surface area contributed by atoms with Gasteiger partial charge in [0, 0.05) is 31.4 Å². The molecule has 6 nitrogen and oxygen atoms in total. The first-order valence-electron chi connectivity index (χ1n) is 7.26. The van der Waals surface area contributed by atoms with E-state index in [1.54, 1.807) is 11.9 Å². The molecule has 0 bridgehead atoms. The van der Waals surface area contributed by atoms with Crippen LogP contribution in [0.25, 0.3) is 0 Å². The van der Waals surface area contributed by atoms with Crippen LogP contribution in [0.5, 0.6) is 0 Å². The SMILES string of the molecule is CCC1C(=O)NCCN1c1ccc2c(c1)N(C)C(=O)C2N. The van der Waals surface area contributed by atoms with E-state index in [0.717, 1.165) is 29.9 Å². The number of nitrogens with two attached hydrogens (primary N) is 1. The number of amides is 2. The number of likely N-dealkylation sites (N-methyl/N-ethyl adjacent to an activating group) is 1. The minimum atomic E-state index is -0.578. The van der Waals surface area contributed by atoms with Gasteiger partial charge in [-0.05, 0) is 18.6 Å². The third-order valence-corrected chi connectivity index (χ3v) is 4.36. The van der Waals surface area contributed by atoms with E-state index in [2.05, 4.69) is 10.2 Å². The first-order chi connectivity index (χ1) is 10.0. The van der Waals surface area contributed by atoms with E-state index in [0.29, 0.717) is 6.54 Å². The highest BCUT2D eigenvalue weighted by Crippen LogP contribution is 2.37. The van der Waals surface area contributed by atoms with Crippen molar-refractivity contribution in [3.05, 3.63) is 23.8 Å². The second-order valence-corrected chi connectivity index (χ2v) is 5.53. The quantitative estimate of drug-likeness (QED) is 0.824. The summed E-state index contributed by atoms with van der Waals surface area (Å²) >= 11 is 0. The highest BCUT2D eigenvalue weighted by molar-refractivity contribution is 6.04. The van der Waals surface area contributed by atoms with Crippen molar-refractivity contribution in [2.45, 2.75) is 25.4 Å². The highest BCUT2D eigenvalue weighted by atomic mass is 16.2. The molecule has 0 radical (unpaired) electrons. The van der Waals surface area contributed by atoms with Crippen LogP contribution in [0.3, 0.4) is 0 Å². The van der Waals surface area contributed by atoms with Crippen LogP contribution >= 0.6 is 0 Å². The average Bonchev–Trinajstić information content (AvgIpc) is 2.71. The maximum Gasteiger partial charge on any atom is 0.248 e. The van der Waals surface area contributed by atoms with E-state index in [9.17, 15) is 9.59 Å². The summed E-state index contributed by atoms with van der Waals surface area (Å²) in [6.07, 6.45) is 0.747. The Morgan fingerprint density at radius 2 is 2.14 bits per heavy atom. The average molecular weight is 288 g/mol. The van der Waals surface area contributed by atoms with Crippen LogP contribution in [-0.4, -0.2) is 38.0 Å². The van der Waals surface area contributed by atoms with Crippen molar-refractivity contribution >= 4 is 23.2 Å². The van der Waals surface area contributed by atoms with Gasteiger partial charge < -0.3 is 20.9 Å². The maximum atomic E-state index is 12.0. The highest BCUT2D eigenvalue weighted by Gasteiger charge is 2.34. The van der Waals surface area contributed by atoms with Crippen molar-refractivity contribution in [3.63, 3.8) is 0 Å². The Morgan fingerprint density at radius 3 is 2.86 bits per heavy atom. The molecule has 2 amide bonds. The van der Waals surface area contributed by atoms with E-state index < -0.39 is 6.04 Å². The van der Waals surface area contributed by atoms with Crippen molar-refractivity contribution in [1.82, 2.24) is 5.32 Å². The Labute approximate surface area is 123 Å². The number of rotatable bonds is 2. The zero-order valence-corrected chi connectivity index (χ0v) is 12.3. The summed E-state index contributed by atoms with van der Waals surface area (Å²) in [5, 5.41) is 2.89. The molecule has 0 aromatic heterocycles. The van der Waals surface area contributed by atoms with Gasteiger partial charge in [0.2, 0.25) is 11.8 Å². The number of nitrogens with zero attached hydrogens (tertiary/aromatic N) is 2.